The summed E-state index contributed by atoms with van der Waals surface area (Å²) >= 11 is 0. The summed E-state index contributed by atoms with van der Waals surface area (Å²) in [5.41, 5.74) is 4.94. The number of fused-ring (bicyclic) bond motifs is 1. The largest absolute Gasteiger partial charge is 0.497 e. The van der Waals surface area contributed by atoms with Crippen molar-refractivity contribution in [1.29, 1.82) is 0 Å². The van der Waals surface area contributed by atoms with E-state index in [4.69, 9.17) is 19.1 Å². The quantitative estimate of drug-likeness (QED) is 0.269. The van der Waals surface area contributed by atoms with Gasteiger partial charge in [0.05, 0.1) is 19.3 Å². The second kappa shape index (κ2) is 10.3. The first-order valence-corrected chi connectivity index (χ1v) is 11.1. The first-order chi connectivity index (χ1) is 16.1. The molecular weight excluding hydrogens is 414 g/mol. The maximum Gasteiger partial charge on any atom is 0.213 e. The van der Waals surface area contributed by atoms with Gasteiger partial charge in [-0.05, 0) is 44.5 Å². The topological polar surface area (TPSA) is 76.6 Å². The standard InChI is InChI=1S/C26H29N5O2/c1-5-20(32-4)15-23(27-2)25-29-22-13-9-12-21(22)26(30-25)31(3)16-24-28-19(17-33-24)14-18-10-7-6-8-11-18/h5-8,10-11,15,17H,2,9,12-14,16H2,1,3-4H3/b20-5+,23-15-. The Morgan fingerprint density at radius 2 is 2.03 bits per heavy atom. The smallest absolute Gasteiger partial charge is 0.213 e. The Balaban J connectivity index is 1.59. The second-order valence-corrected chi connectivity index (χ2v) is 7.98. The summed E-state index contributed by atoms with van der Waals surface area (Å²) in [6, 6.07) is 10.3. The van der Waals surface area contributed by atoms with Gasteiger partial charge in [-0.25, -0.2) is 15.0 Å². The Kier molecular flexibility index (Phi) is 6.98. The van der Waals surface area contributed by atoms with Crippen LogP contribution in [-0.2, 0) is 30.5 Å². The Hall–Kier alpha value is -3.74. The third kappa shape index (κ3) is 5.19. The molecule has 0 spiro atoms. The molecule has 1 aliphatic rings. The fraction of sp³-hybridized carbons (Fsp3) is 0.308. The van der Waals surface area contributed by atoms with Crippen LogP contribution in [0.25, 0.3) is 5.70 Å². The van der Waals surface area contributed by atoms with E-state index in [1.807, 2.05) is 38.2 Å². The van der Waals surface area contributed by atoms with Gasteiger partial charge in [0, 0.05) is 30.8 Å². The van der Waals surface area contributed by atoms with Gasteiger partial charge in [0.25, 0.3) is 0 Å². The van der Waals surface area contributed by atoms with Crippen molar-refractivity contribution in [3.63, 3.8) is 0 Å². The van der Waals surface area contributed by atoms with Gasteiger partial charge in [-0.1, -0.05) is 30.3 Å². The highest BCUT2D eigenvalue weighted by atomic mass is 16.5. The number of allylic oxidation sites excluding steroid dienone is 2. The molecule has 2 heterocycles. The number of oxazole rings is 1. The Labute approximate surface area is 194 Å². The minimum Gasteiger partial charge on any atom is -0.497 e. The van der Waals surface area contributed by atoms with Crippen LogP contribution < -0.4 is 4.90 Å². The van der Waals surface area contributed by atoms with Gasteiger partial charge in [-0.15, -0.1) is 0 Å². The number of nitrogens with zero attached hydrogens (tertiary/aromatic N) is 5. The highest BCUT2D eigenvalue weighted by Gasteiger charge is 2.23. The van der Waals surface area contributed by atoms with Crippen LogP contribution in [0.1, 0.15) is 47.6 Å². The molecule has 7 nitrogen and oxygen atoms in total. The number of hydrogen-bond acceptors (Lipinski definition) is 7. The lowest BCUT2D eigenvalue weighted by Gasteiger charge is -2.20. The third-order valence-corrected chi connectivity index (χ3v) is 5.67. The van der Waals surface area contributed by atoms with Crippen molar-refractivity contribution >= 4 is 18.2 Å². The molecule has 2 aromatic heterocycles. The molecule has 170 valence electrons. The van der Waals surface area contributed by atoms with E-state index in [0.29, 0.717) is 29.7 Å². The normalized spacial score (nSPS) is 13.7. The number of aliphatic imine (C=N–C) groups is 1. The van der Waals surface area contributed by atoms with E-state index in [2.05, 4.69) is 33.7 Å². The molecule has 33 heavy (non-hydrogen) atoms. The summed E-state index contributed by atoms with van der Waals surface area (Å²) in [5.74, 6) is 2.76. The van der Waals surface area contributed by atoms with Gasteiger partial charge in [0.1, 0.15) is 23.5 Å². The van der Waals surface area contributed by atoms with Gasteiger partial charge < -0.3 is 14.1 Å². The molecule has 0 amide bonds. The molecule has 0 unspecified atom stereocenters. The fourth-order valence-electron chi connectivity index (χ4n) is 4.00. The van der Waals surface area contributed by atoms with Crippen LogP contribution in [0.5, 0.6) is 0 Å². The van der Waals surface area contributed by atoms with Gasteiger partial charge in [0.2, 0.25) is 5.89 Å². The van der Waals surface area contributed by atoms with Gasteiger partial charge in [-0.2, -0.15) is 0 Å². The van der Waals surface area contributed by atoms with E-state index >= 15 is 0 Å². The van der Waals surface area contributed by atoms with Crippen molar-refractivity contribution in [2.24, 2.45) is 4.99 Å². The summed E-state index contributed by atoms with van der Waals surface area (Å²) in [7, 11) is 3.63. The lowest BCUT2D eigenvalue weighted by Crippen LogP contribution is -2.21. The van der Waals surface area contributed by atoms with E-state index in [9.17, 15) is 0 Å². The number of aromatic nitrogens is 3. The van der Waals surface area contributed by atoms with Crippen molar-refractivity contribution in [3.05, 3.63) is 88.7 Å². The molecule has 4 rings (SSSR count). The van der Waals surface area contributed by atoms with E-state index in [1.54, 1.807) is 19.4 Å². The van der Waals surface area contributed by atoms with Crippen LogP contribution >= 0.6 is 0 Å². The number of hydrogen-bond donors (Lipinski definition) is 0. The van der Waals surface area contributed by atoms with Crippen LogP contribution in [0.4, 0.5) is 5.82 Å². The molecule has 0 radical (unpaired) electrons. The number of ether oxygens (including phenoxy) is 1. The Morgan fingerprint density at radius 1 is 1.21 bits per heavy atom. The molecule has 0 fully saturated rings. The molecule has 0 aliphatic heterocycles. The highest BCUT2D eigenvalue weighted by molar-refractivity contribution is 5.67. The van der Waals surface area contributed by atoms with Crippen molar-refractivity contribution in [2.75, 3.05) is 19.1 Å². The summed E-state index contributed by atoms with van der Waals surface area (Å²) in [4.78, 5) is 20.6. The predicted octanol–water partition coefficient (Wildman–Crippen LogP) is 4.77. The average Bonchev–Trinajstić information content (AvgIpc) is 3.49. The van der Waals surface area contributed by atoms with Crippen molar-refractivity contribution < 1.29 is 9.15 Å². The zero-order chi connectivity index (χ0) is 23.2. The monoisotopic (exact) mass is 443 g/mol. The lowest BCUT2D eigenvalue weighted by atomic mass is 10.1. The summed E-state index contributed by atoms with van der Waals surface area (Å²) < 4.78 is 11.1. The molecule has 0 N–H and O–H groups in total. The highest BCUT2D eigenvalue weighted by Crippen LogP contribution is 2.31. The minimum atomic E-state index is 0.510. The minimum absolute atomic E-state index is 0.510. The Morgan fingerprint density at radius 3 is 2.76 bits per heavy atom. The second-order valence-electron chi connectivity index (χ2n) is 7.98. The predicted molar refractivity (Wildman–Crippen MR) is 130 cm³/mol. The SMILES string of the molecule is C=N/C(=C\C(=C/C)OC)c1nc2c(c(N(C)Cc3nc(Cc4ccccc4)co3)n1)CCC2. The molecule has 0 bridgehead atoms. The van der Waals surface area contributed by atoms with Crippen LogP contribution in [0.15, 0.2) is 63.9 Å². The number of anilines is 1. The maximum absolute atomic E-state index is 5.77. The van der Waals surface area contributed by atoms with Crippen LogP contribution in [0, 0.1) is 0 Å². The first kappa shape index (κ1) is 22.5. The molecule has 1 aromatic carbocycles. The number of rotatable bonds is 9. The zero-order valence-corrected chi connectivity index (χ0v) is 19.4. The van der Waals surface area contributed by atoms with E-state index < -0.39 is 0 Å². The number of methoxy groups -OCH3 is 1. The molecule has 0 atom stereocenters. The van der Waals surface area contributed by atoms with Crippen molar-refractivity contribution in [3.8, 4) is 0 Å². The molecule has 3 aromatic rings. The maximum atomic E-state index is 5.77. The number of benzene rings is 1. The van der Waals surface area contributed by atoms with E-state index in [1.165, 1.54) is 11.1 Å². The van der Waals surface area contributed by atoms with Crippen LogP contribution in [0.3, 0.4) is 0 Å². The van der Waals surface area contributed by atoms with Crippen LogP contribution in [0.2, 0.25) is 0 Å². The van der Waals surface area contributed by atoms with Gasteiger partial charge in [0.15, 0.2) is 5.82 Å². The first-order valence-electron chi connectivity index (χ1n) is 11.1. The van der Waals surface area contributed by atoms with Crippen LogP contribution in [-0.4, -0.2) is 35.8 Å². The molecule has 1 aliphatic carbocycles. The van der Waals surface area contributed by atoms with Crippen molar-refractivity contribution in [1.82, 2.24) is 15.0 Å². The summed E-state index contributed by atoms with van der Waals surface area (Å²) in [6.45, 7) is 6.13. The molecule has 7 heteroatoms. The molecular formula is C26H29N5O2. The lowest BCUT2D eigenvalue weighted by molar-refractivity contribution is 0.306. The molecule has 0 saturated heterocycles. The fourth-order valence-corrected chi connectivity index (χ4v) is 4.00. The summed E-state index contributed by atoms with van der Waals surface area (Å²) in [6.07, 6.45) is 9.09. The van der Waals surface area contributed by atoms with Gasteiger partial charge >= 0.3 is 0 Å². The van der Waals surface area contributed by atoms with Crippen molar-refractivity contribution in [2.45, 2.75) is 39.2 Å². The van der Waals surface area contributed by atoms with E-state index in [0.717, 1.165) is 42.9 Å². The Bertz CT molecular complexity index is 1180. The van der Waals surface area contributed by atoms with Gasteiger partial charge in [-0.3, -0.25) is 4.99 Å². The van der Waals surface area contributed by atoms with E-state index in [-0.39, 0.29) is 0 Å². The zero-order valence-electron chi connectivity index (χ0n) is 19.4. The average molecular weight is 444 g/mol. The third-order valence-electron chi connectivity index (χ3n) is 5.67. The summed E-state index contributed by atoms with van der Waals surface area (Å²) in [5, 5.41) is 0. The molecule has 0 saturated carbocycles. The number of aryl methyl sites for hydroxylation is 1.